The molecule has 2 aromatic carbocycles. The van der Waals surface area contributed by atoms with Crippen LogP contribution in [0.3, 0.4) is 0 Å². The van der Waals surface area contributed by atoms with Gasteiger partial charge in [0.25, 0.3) is 0 Å². The minimum absolute atomic E-state index is 0.0538. The van der Waals surface area contributed by atoms with E-state index in [1.165, 1.54) is 19.3 Å². The Labute approximate surface area is 167 Å². The second kappa shape index (κ2) is 8.24. The maximum absolute atomic E-state index is 12.9. The summed E-state index contributed by atoms with van der Waals surface area (Å²) in [5, 5.41) is 20.1. The van der Waals surface area contributed by atoms with Crippen molar-refractivity contribution in [3.8, 4) is 0 Å². The van der Waals surface area contributed by atoms with Gasteiger partial charge in [0, 0.05) is 19.1 Å². The number of Topliss-reactive ketones (excluding diaryl/α,β-unsaturated/α-hetero) is 1. The number of rotatable bonds is 5. The van der Waals surface area contributed by atoms with Gasteiger partial charge in [0.1, 0.15) is 0 Å². The number of carbonyl (C=O) groups is 3. The van der Waals surface area contributed by atoms with E-state index in [9.17, 15) is 24.6 Å². The third-order valence-electron chi connectivity index (χ3n) is 5.05. The molecule has 0 heterocycles. The van der Waals surface area contributed by atoms with E-state index in [2.05, 4.69) is 0 Å². The quantitative estimate of drug-likeness (QED) is 0.598. The number of ether oxygens (including phenoxy) is 1. The normalized spacial score (nSPS) is 21.3. The number of ketones is 1. The van der Waals surface area contributed by atoms with Gasteiger partial charge in [0.2, 0.25) is 5.41 Å². The Kier molecular flexibility index (Phi) is 5.75. The minimum atomic E-state index is -2.42. The molecule has 3 rings (SSSR count). The summed E-state index contributed by atoms with van der Waals surface area (Å²) in [6.45, 7) is 0. The number of carboxylic acid groups (broad SMARTS) is 2. The second-order valence-corrected chi connectivity index (χ2v) is 6.71. The Morgan fingerprint density at radius 3 is 1.86 bits per heavy atom. The Balaban J connectivity index is 2.34. The summed E-state index contributed by atoms with van der Waals surface area (Å²) in [6, 6.07) is 17.6. The first kappa shape index (κ1) is 20.2. The van der Waals surface area contributed by atoms with Crippen LogP contribution in [0.1, 0.15) is 17.5 Å². The van der Waals surface area contributed by atoms with Crippen molar-refractivity contribution in [3.05, 3.63) is 82.9 Å². The van der Waals surface area contributed by atoms with E-state index >= 15 is 0 Å². The summed E-state index contributed by atoms with van der Waals surface area (Å²) in [7, 11) is 1.21. The van der Waals surface area contributed by atoms with Gasteiger partial charge in [0.15, 0.2) is 5.78 Å². The molecule has 2 N–H and O–H groups in total. The highest BCUT2D eigenvalue weighted by molar-refractivity contribution is 6.16. The van der Waals surface area contributed by atoms with Gasteiger partial charge in [-0.1, -0.05) is 60.7 Å². The van der Waals surface area contributed by atoms with Crippen LogP contribution >= 0.6 is 0 Å². The molecule has 2 aromatic rings. The van der Waals surface area contributed by atoms with Crippen LogP contribution in [-0.4, -0.2) is 41.1 Å². The Morgan fingerprint density at radius 1 is 0.931 bits per heavy atom. The number of hydrogen-bond donors (Lipinski definition) is 2. The molecule has 0 aliphatic heterocycles. The van der Waals surface area contributed by atoms with Crippen LogP contribution in [0.5, 0.6) is 0 Å². The van der Waals surface area contributed by atoms with E-state index in [0.717, 1.165) is 0 Å². The van der Waals surface area contributed by atoms with Crippen LogP contribution in [0.15, 0.2) is 71.8 Å². The van der Waals surface area contributed by atoms with Crippen molar-refractivity contribution in [1.29, 1.82) is 0 Å². The van der Waals surface area contributed by atoms with E-state index in [1.54, 1.807) is 54.6 Å². The lowest BCUT2D eigenvalue weighted by Crippen LogP contribution is -2.55. The first-order valence-electron chi connectivity index (χ1n) is 8.98. The van der Waals surface area contributed by atoms with Gasteiger partial charge in [0.05, 0.1) is 6.10 Å². The molecule has 0 aromatic heterocycles. The summed E-state index contributed by atoms with van der Waals surface area (Å²) in [5.74, 6) is -3.53. The molecule has 0 amide bonds. The van der Waals surface area contributed by atoms with Gasteiger partial charge in [-0.05, 0) is 28.9 Å². The molecule has 29 heavy (non-hydrogen) atoms. The second-order valence-electron chi connectivity index (χ2n) is 6.71. The zero-order valence-electron chi connectivity index (χ0n) is 15.7. The summed E-state index contributed by atoms with van der Waals surface area (Å²) in [5.41, 5.74) is -1.22. The average Bonchev–Trinajstić information content (AvgIpc) is 2.71. The number of benzene rings is 2. The monoisotopic (exact) mass is 392 g/mol. The Morgan fingerprint density at radius 2 is 1.41 bits per heavy atom. The number of hydrogen-bond acceptors (Lipinski definition) is 4. The predicted octanol–water partition coefficient (Wildman–Crippen LogP) is 3.30. The zero-order valence-corrected chi connectivity index (χ0v) is 15.7. The van der Waals surface area contributed by atoms with Gasteiger partial charge < -0.3 is 14.9 Å². The molecule has 0 spiro atoms. The summed E-state index contributed by atoms with van der Waals surface area (Å²) in [6.07, 6.45) is 1.29. The molecule has 148 valence electrons. The SMILES string of the molecule is COC1CC(=O)C(=Cc2ccccc2)C(=Cc2ccccc2)C1(C(=O)O)C(=O)O. The van der Waals surface area contributed by atoms with Crippen LogP contribution in [0.25, 0.3) is 12.2 Å². The minimum Gasteiger partial charge on any atom is -0.480 e. The molecule has 0 bridgehead atoms. The van der Waals surface area contributed by atoms with E-state index in [-0.39, 0.29) is 23.4 Å². The zero-order chi connectivity index (χ0) is 21.0. The van der Waals surface area contributed by atoms with Crippen LogP contribution in [-0.2, 0) is 19.1 Å². The number of methoxy groups -OCH3 is 1. The highest BCUT2D eigenvalue weighted by atomic mass is 16.5. The standard InChI is InChI=1S/C23H20O6/c1-29-20-14-19(24)17(12-15-8-4-2-5-9-15)18(13-16-10-6-3-7-11-16)23(20,21(25)26)22(27)28/h2-13,20H,14H2,1H3,(H,25,26)(H,27,28). The molecule has 6 heteroatoms. The van der Waals surface area contributed by atoms with Gasteiger partial charge >= 0.3 is 11.9 Å². The fourth-order valence-electron chi connectivity index (χ4n) is 3.61. The number of allylic oxidation sites excluding steroid dienone is 1. The Bertz CT molecular complexity index is 975. The van der Waals surface area contributed by atoms with Crippen LogP contribution in [0.2, 0.25) is 0 Å². The number of aliphatic carboxylic acids is 2. The average molecular weight is 392 g/mol. The molecule has 0 radical (unpaired) electrons. The smallest absolute Gasteiger partial charge is 0.328 e. The fourth-order valence-corrected chi connectivity index (χ4v) is 3.61. The topological polar surface area (TPSA) is 101 Å². The van der Waals surface area contributed by atoms with Crippen molar-refractivity contribution in [2.24, 2.45) is 5.41 Å². The van der Waals surface area contributed by atoms with Crippen molar-refractivity contribution in [1.82, 2.24) is 0 Å². The van der Waals surface area contributed by atoms with Crippen molar-refractivity contribution in [2.75, 3.05) is 7.11 Å². The van der Waals surface area contributed by atoms with Crippen LogP contribution in [0.4, 0.5) is 0 Å². The van der Waals surface area contributed by atoms with Gasteiger partial charge in [-0.15, -0.1) is 0 Å². The molecular weight excluding hydrogens is 372 g/mol. The van der Waals surface area contributed by atoms with Crippen molar-refractivity contribution < 1.29 is 29.3 Å². The molecule has 1 aliphatic carbocycles. The van der Waals surface area contributed by atoms with Gasteiger partial charge in [-0.25, -0.2) is 0 Å². The molecule has 0 saturated heterocycles. The predicted molar refractivity (Wildman–Crippen MR) is 107 cm³/mol. The van der Waals surface area contributed by atoms with Crippen LogP contribution in [0, 0.1) is 5.41 Å². The maximum atomic E-state index is 12.9. The van der Waals surface area contributed by atoms with Crippen molar-refractivity contribution in [3.63, 3.8) is 0 Å². The van der Waals surface area contributed by atoms with E-state index in [1.807, 2.05) is 6.07 Å². The summed E-state index contributed by atoms with van der Waals surface area (Å²) in [4.78, 5) is 37.6. The molecule has 1 atom stereocenters. The highest BCUT2D eigenvalue weighted by Crippen LogP contribution is 2.46. The molecule has 1 saturated carbocycles. The van der Waals surface area contributed by atoms with Gasteiger partial charge in [-0.3, -0.25) is 14.4 Å². The van der Waals surface area contributed by atoms with Crippen molar-refractivity contribution >= 4 is 29.9 Å². The largest absolute Gasteiger partial charge is 0.480 e. The number of carboxylic acids is 2. The Hall–Kier alpha value is -3.51. The lowest BCUT2D eigenvalue weighted by atomic mass is 9.64. The first-order valence-corrected chi connectivity index (χ1v) is 8.98. The third-order valence-corrected chi connectivity index (χ3v) is 5.05. The first-order chi connectivity index (χ1) is 13.9. The van der Waals surface area contributed by atoms with E-state index < -0.39 is 23.5 Å². The molecule has 1 aliphatic rings. The summed E-state index contributed by atoms with van der Waals surface area (Å²) < 4.78 is 5.22. The summed E-state index contributed by atoms with van der Waals surface area (Å²) >= 11 is 0. The lowest BCUT2D eigenvalue weighted by molar-refractivity contribution is -0.172. The highest BCUT2D eigenvalue weighted by Gasteiger charge is 2.61. The fraction of sp³-hybridized carbons (Fsp3) is 0.174. The molecule has 1 fully saturated rings. The molecular formula is C23H20O6. The van der Waals surface area contributed by atoms with E-state index in [0.29, 0.717) is 11.1 Å². The van der Waals surface area contributed by atoms with Crippen molar-refractivity contribution in [2.45, 2.75) is 12.5 Å². The lowest BCUT2D eigenvalue weighted by Gasteiger charge is -2.39. The van der Waals surface area contributed by atoms with E-state index in [4.69, 9.17) is 4.74 Å². The molecule has 6 nitrogen and oxygen atoms in total. The maximum Gasteiger partial charge on any atom is 0.328 e. The third kappa shape index (κ3) is 3.62. The van der Waals surface area contributed by atoms with Gasteiger partial charge in [-0.2, -0.15) is 0 Å². The molecule has 1 unspecified atom stereocenters. The number of carbonyl (C=O) groups excluding carboxylic acids is 1. The van der Waals surface area contributed by atoms with Crippen LogP contribution < -0.4 is 0 Å².